The number of rotatable bonds is 3. The van der Waals surface area contributed by atoms with Gasteiger partial charge in [-0.1, -0.05) is 60.8 Å². The largest absolute Gasteiger partial charge is 0.388 e. The first-order valence-electron chi connectivity index (χ1n) is 4.92. The van der Waals surface area contributed by atoms with Gasteiger partial charge in [0.05, 0.1) is 6.10 Å². The molecule has 0 aliphatic heterocycles. The van der Waals surface area contributed by atoms with Crippen LogP contribution in [0.25, 0.3) is 0 Å². The zero-order valence-electron chi connectivity index (χ0n) is 7.95. The third-order valence-electron chi connectivity index (χ3n) is 2.48. The first kappa shape index (κ1) is 9.22. The van der Waals surface area contributed by atoms with Crippen LogP contribution in [0, 0.1) is 11.8 Å². The van der Waals surface area contributed by atoms with Gasteiger partial charge in [0, 0.05) is 11.8 Å². The highest BCUT2D eigenvalue weighted by atomic mass is 16.3. The molecule has 1 N–H and O–H groups in total. The van der Waals surface area contributed by atoms with E-state index in [2.05, 4.69) is 12.2 Å². The molecule has 2 rings (SSSR count). The third-order valence-corrected chi connectivity index (χ3v) is 2.48. The Kier molecular flexibility index (Phi) is 2.80. The van der Waals surface area contributed by atoms with E-state index in [1.165, 1.54) is 0 Å². The summed E-state index contributed by atoms with van der Waals surface area (Å²) >= 11 is 0. The van der Waals surface area contributed by atoms with Gasteiger partial charge in [0.1, 0.15) is 0 Å². The maximum atomic E-state index is 9.77. The van der Waals surface area contributed by atoms with Crippen molar-refractivity contribution in [3.8, 4) is 0 Å². The molecule has 1 nitrogen and oxygen atoms in total. The second-order valence-electron chi connectivity index (χ2n) is 3.57. The number of hydrogen-bond acceptors (Lipinski definition) is 1. The minimum Gasteiger partial charge on any atom is -0.388 e. The molecule has 0 fully saturated rings. The van der Waals surface area contributed by atoms with E-state index in [0.29, 0.717) is 5.92 Å². The van der Waals surface area contributed by atoms with Crippen LogP contribution in [0.3, 0.4) is 0 Å². The highest BCUT2D eigenvalue weighted by Gasteiger charge is 2.12. The normalized spacial score (nSPS) is 23.2. The zero-order valence-corrected chi connectivity index (χ0v) is 7.95. The summed E-state index contributed by atoms with van der Waals surface area (Å²) in [4.78, 5) is 0. The Hall–Kier alpha value is -1.34. The summed E-state index contributed by atoms with van der Waals surface area (Å²) in [6.45, 7) is 0. The molecule has 0 aromatic rings. The predicted molar refractivity (Wildman–Crippen MR) is 58.7 cm³/mol. The average molecular weight is 186 g/mol. The number of aliphatic hydroxyl groups excluding tert-OH is 1. The molecule has 0 aromatic heterocycles. The van der Waals surface area contributed by atoms with Crippen LogP contribution in [0.4, 0.5) is 0 Å². The van der Waals surface area contributed by atoms with Crippen molar-refractivity contribution in [3.63, 3.8) is 0 Å². The highest BCUT2D eigenvalue weighted by molar-refractivity contribution is 5.25. The van der Waals surface area contributed by atoms with Crippen molar-refractivity contribution in [2.75, 3.05) is 0 Å². The molecule has 0 spiro atoms. The standard InChI is InChI=1S/C13H14O/c14-13(12-7-3-4-8-12)10-9-11-5-1-2-6-11/h1-14H. The monoisotopic (exact) mass is 186 g/mol. The molecule has 1 atom stereocenters. The summed E-state index contributed by atoms with van der Waals surface area (Å²) in [5.74, 6) is 0.514. The van der Waals surface area contributed by atoms with Crippen LogP contribution in [-0.4, -0.2) is 11.2 Å². The Balaban J connectivity index is 1.90. The zero-order chi connectivity index (χ0) is 9.80. The molecule has 0 bridgehead atoms. The summed E-state index contributed by atoms with van der Waals surface area (Å²) in [5.41, 5.74) is 0. The fraction of sp³-hybridized carbons (Fsp3) is 0.231. The fourth-order valence-corrected chi connectivity index (χ4v) is 1.62. The topological polar surface area (TPSA) is 20.2 Å². The maximum Gasteiger partial charge on any atom is 0.0818 e. The smallest absolute Gasteiger partial charge is 0.0818 e. The van der Waals surface area contributed by atoms with E-state index in [1.54, 1.807) is 0 Å². The van der Waals surface area contributed by atoms with Gasteiger partial charge in [-0.15, -0.1) is 0 Å². The summed E-state index contributed by atoms with van der Waals surface area (Å²) in [7, 11) is 0. The van der Waals surface area contributed by atoms with Gasteiger partial charge in [-0.3, -0.25) is 0 Å². The van der Waals surface area contributed by atoms with Crippen molar-refractivity contribution < 1.29 is 5.11 Å². The molecule has 14 heavy (non-hydrogen) atoms. The van der Waals surface area contributed by atoms with Gasteiger partial charge >= 0.3 is 0 Å². The van der Waals surface area contributed by atoms with Gasteiger partial charge < -0.3 is 5.11 Å². The van der Waals surface area contributed by atoms with E-state index in [1.807, 2.05) is 48.6 Å². The summed E-state index contributed by atoms with van der Waals surface area (Å²) < 4.78 is 0. The first-order chi connectivity index (χ1) is 6.86. The quantitative estimate of drug-likeness (QED) is 0.671. The highest BCUT2D eigenvalue weighted by Crippen LogP contribution is 2.16. The maximum absolute atomic E-state index is 9.77. The van der Waals surface area contributed by atoms with Crippen LogP contribution in [0.1, 0.15) is 0 Å². The van der Waals surface area contributed by atoms with E-state index in [0.717, 1.165) is 0 Å². The van der Waals surface area contributed by atoms with Crippen molar-refractivity contribution in [1.29, 1.82) is 0 Å². The molecule has 0 saturated heterocycles. The summed E-state index contributed by atoms with van der Waals surface area (Å²) in [6, 6.07) is 0. The van der Waals surface area contributed by atoms with Crippen molar-refractivity contribution in [2.45, 2.75) is 6.10 Å². The minimum atomic E-state index is -0.396. The average Bonchev–Trinajstić information content (AvgIpc) is 2.87. The Morgan fingerprint density at radius 3 is 2.14 bits per heavy atom. The lowest BCUT2D eigenvalue weighted by molar-refractivity contribution is 0.197. The summed E-state index contributed by atoms with van der Waals surface area (Å²) in [6.07, 6.45) is 19.7. The third kappa shape index (κ3) is 2.12. The first-order valence-corrected chi connectivity index (χ1v) is 4.92. The van der Waals surface area contributed by atoms with Crippen molar-refractivity contribution in [1.82, 2.24) is 0 Å². The van der Waals surface area contributed by atoms with Crippen LogP contribution < -0.4 is 0 Å². The molecule has 0 aromatic carbocycles. The van der Waals surface area contributed by atoms with Crippen LogP contribution in [0.5, 0.6) is 0 Å². The fourth-order valence-electron chi connectivity index (χ4n) is 1.62. The Labute approximate surface area is 84.5 Å². The molecule has 2 aliphatic carbocycles. The van der Waals surface area contributed by atoms with Crippen LogP contribution >= 0.6 is 0 Å². The molecular weight excluding hydrogens is 172 g/mol. The van der Waals surface area contributed by atoms with Gasteiger partial charge in [0.15, 0.2) is 0 Å². The molecule has 0 amide bonds. The van der Waals surface area contributed by atoms with Gasteiger partial charge in [-0.05, 0) is 0 Å². The molecule has 0 heterocycles. The van der Waals surface area contributed by atoms with E-state index in [4.69, 9.17) is 0 Å². The lowest BCUT2D eigenvalue weighted by Crippen LogP contribution is -2.12. The van der Waals surface area contributed by atoms with Crippen molar-refractivity contribution in [2.24, 2.45) is 11.8 Å². The van der Waals surface area contributed by atoms with Crippen LogP contribution in [0.2, 0.25) is 0 Å². The van der Waals surface area contributed by atoms with Gasteiger partial charge in [-0.25, -0.2) is 0 Å². The lowest BCUT2D eigenvalue weighted by Gasteiger charge is -2.10. The Bertz CT molecular complexity index is 307. The molecule has 72 valence electrons. The second-order valence-corrected chi connectivity index (χ2v) is 3.57. The Morgan fingerprint density at radius 1 is 0.929 bits per heavy atom. The lowest BCUT2D eigenvalue weighted by atomic mass is 10.0. The molecule has 0 radical (unpaired) electrons. The van der Waals surface area contributed by atoms with E-state index in [-0.39, 0.29) is 5.92 Å². The second kappa shape index (κ2) is 4.25. The SMILES string of the molecule is OC(C=CC1C=CC=C1)C1C=CC=C1. The van der Waals surface area contributed by atoms with E-state index < -0.39 is 6.10 Å². The van der Waals surface area contributed by atoms with Gasteiger partial charge in [-0.2, -0.15) is 0 Å². The minimum absolute atomic E-state index is 0.153. The van der Waals surface area contributed by atoms with E-state index >= 15 is 0 Å². The number of aliphatic hydroxyl groups is 1. The number of hydrogen-bond donors (Lipinski definition) is 1. The van der Waals surface area contributed by atoms with Gasteiger partial charge in [0.25, 0.3) is 0 Å². The molecule has 1 heteroatoms. The number of allylic oxidation sites excluding steroid dienone is 7. The van der Waals surface area contributed by atoms with Gasteiger partial charge in [0.2, 0.25) is 0 Å². The molecular formula is C13H14O. The molecule has 1 unspecified atom stereocenters. The molecule has 0 saturated carbocycles. The Morgan fingerprint density at radius 2 is 1.50 bits per heavy atom. The van der Waals surface area contributed by atoms with Crippen molar-refractivity contribution in [3.05, 3.63) is 60.8 Å². The van der Waals surface area contributed by atoms with Crippen molar-refractivity contribution >= 4 is 0 Å². The van der Waals surface area contributed by atoms with Crippen LogP contribution in [-0.2, 0) is 0 Å². The molecule has 2 aliphatic rings. The van der Waals surface area contributed by atoms with Crippen LogP contribution in [0.15, 0.2) is 60.8 Å². The predicted octanol–water partition coefficient (Wildman–Crippen LogP) is 2.39. The summed E-state index contributed by atoms with van der Waals surface area (Å²) in [5, 5.41) is 9.77. The van der Waals surface area contributed by atoms with E-state index in [9.17, 15) is 5.11 Å².